The molecule has 1 fully saturated rings. The quantitative estimate of drug-likeness (QED) is 0.263. The summed E-state index contributed by atoms with van der Waals surface area (Å²) in [5, 5.41) is 11.5. The number of Topliss-reactive ketones (excluding diaryl/α,β-unsaturated/α-hetero) is 1. The number of likely N-dealkylation sites (tertiary alicyclic amines) is 1. The third kappa shape index (κ3) is 4.96. The van der Waals surface area contributed by atoms with E-state index in [0.29, 0.717) is 23.6 Å². The van der Waals surface area contributed by atoms with Crippen LogP contribution in [0.25, 0.3) is 5.76 Å². The Morgan fingerprint density at radius 1 is 1.15 bits per heavy atom. The average Bonchev–Trinajstić information content (AvgIpc) is 3.03. The van der Waals surface area contributed by atoms with Crippen LogP contribution in [0.15, 0.2) is 59.0 Å². The lowest BCUT2D eigenvalue weighted by Gasteiger charge is -2.25. The number of carbonyl (C=O) groups excluding carboxylic acids is 2. The molecule has 1 unspecified atom stereocenters. The number of amides is 1. The predicted molar refractivity (Wildman–Crippen MR) is 124 cm³/mol. The number of aliphatic hydroxyl groups is 1. The van der Waals surface area contributed by atoms with Gasteiger partial charge in [-0.2, -0.15) is 0 Å². The van der Waals surface area contributed by atoms with Gasteiger partial charge in [0.15, 0.2) is 0 Å². The third-order valence-corrected chi connectivity index (χ3v) is 7.42. The summed E-state index contributed by atoms with van der Waals surface area (Å²) in [5.74, 6) is -1.94. The molecule has 1 aliphatic heterocycles. The zero-order valence-corrected chi connectivity index (χ0v) is 20.1. The summed E-state index contributed by atoms with van der Waals surface area (Å²) >= 11 is 6.15. The van der Waals surface area contributed by atoms with Crippen molar-refractivity contribution in [1.82, 2.24) is 9.21 Å². The highest BCUT2D eigenvalue weighted by Gasteiger charge is 2.45. The van der Waals surface area contributed by atoms with Crippen molar-refractivity contribution < 1.29 is 27.9 Å². The van der Waals surface area contributed by atoms with Crippen molar-refractivity contribution >= 4 is 39.1 Å². The largest absolute Gasteiger partial charge is 0.507 e. The Balaban J connectivity index is 2.10. The molecule has 33 heavy (non-hydrogen) atoms. The Morgan fingerprint density at radius 3 is 2.39 bits per heavy atom. The minimum atomic E-state index is -3.66. The second-order valence-electron chi connectivity index (χ2n) is 7.71. The molecule has 1 N–H and O–H groups in total. The lowest BCUT2D eigenvalue weighted by molar-refractivity contribution is -0.140. The van der Waals surface area contributed by atoms with Gasteiger partial charge in [-0.25, -0.2) is 12.7 Å². The lowest BCUT2D eigenvalue weighted by Crippen LogP contribution is -2.31. The van der Waals surface area contributed by atoms with Crippen LogP contribution in [0.4, 0.5) is 0 Å². The Hall–Kier alpha value is -2.72. The number of sulfonamides is 1. The maximum absolute atomic E-state index is 13.0. The fraction of sp³-hybridized carbons (Fsp3) is 0.304. The summed E-state index contributed by atoms with van der Waals surface area (Å²) < 4.78 is 30.8. The number of carbonyl (C=O) groups is 2. The number of halogens is 1. The van der Waals surface area contributed by atoms with Crippen molar-refractivity contribution in [1.29, 1.82) is 0 Å². The number of ether oxygens (including phenoxy) is 1. The van der Waals surface area contributed by atoms with E-state index in [1.807, 2.05) is 0 Å². The molecule has 0 aliphatic carbocycles. The highest BCUT2D eigenvalue weighted by Crippen LogP contribution is 2.40. The molecule has 10 heteroatoms. The molecule has 2 aromatic carbocycles. The Labute approximate surface area is 198 Å². The van der Waals surface area contributed by atoms with Crippen LogP contribution in [0.3, 0.4) is 0 Å². The molecule has 0 radical (unpaired) electrons. The number of methoxy groups -OCH3 is 1. The van der Waals surface area contributed by atoms with Crippen molar-refractivity contribution in [2.45, 2.75) is 17.4 Å². The van der Waals surface area contributed by atoms with E-state index in [0.717, 1.165) is 4.31 Å². The number of nitrogens with zero attached hydrogens (tertiary/aromatic N) is 2. The number of benzene rings is 2. The Kier molecular flexibility index (Phi) is 7.58. The third-order valence-electron chi connectivity index (χ3n) is 5.36. The summed E-state index contributed by atoms with van der Waals surface area (Å²) in [7, 11) is 0.718. The monoisotopic (exact) mass is 492 g/mol. The van der Waals surface area contributed by atoms with Gasteiger partial charge in [-0.15, -0.1) is 0 Å². The number of ketones is 1. The molecule has 1 saturated heterocycles. The van der Waals surface area contributed by atoms with Crippen molar-refractivity contribution in [3.05, 3.63) is 70.3 Å². The summed E-state index contributed by atoms with van der Waals surface area (Å²) in [6.07, 6.45) is 0.498. The number of hydrogen-bond acceptors (Lipinski definition) is 6. The predicted octanol–water partition coefficient (Wildman–Crippen LogP) is 3.05. The SMILES string of the molecule is COCCCN1C(=O)C(=O)C(=C(O)c2ccc(S(=O)(=O)N(C)C)cc2)C1c1cccc(Cl)c1. The summed E-state index contributed by atoms with van der Waals surface area (Å²) in [5.41, 5.74) is 0.713. The van der Waals surface area contributed by atoms with Gasteiger partial charge in [-0.3, -0.25) is 9.59 Å². The van der Waals surface area contributed by atoms with Crippen LogP contribution in [0, 0.1) is 0 Å². The topological polar surface area (TPSA) is 104 Å². The van der Waals surface area contributed by atoms with Crippen molar-refractivity contribution in [2.24, 2.45) is 0 Å². The maximum Gasteiger partial charge on any atom is 0.295 e. The highest BCUT2D eigenvalue weighted by atomic mass is 35.5. The van der Waals surface area contributed by atoms with Crippen LogP contribution < -0.4 is 0 Å². The molecule has 0 saturated carbocycles. The first kappa shape index (κ1) is 24.9. The van der Waals surface area contributed by atoms with Gasteiger partial charge >= 0.3 is 0 Å². The van der Waals surface area contributed by atoms with Crippen molar-refractivity contribution in [3.8, 4) is 0 Å². The lowest BCUT2D eigenvalue weighted by atomic mass is 9.95. The smallest absolute Gasteiger partial charge is 0.295 e. The van der Waals surface area contributed by atoms with Crippen LogP contribution in [0.5, 0.6) is 0 Å². The number of rotatable bonds is 8. The first-order valence-corrected chi connectivity index (χ1v) is 12.0. The van der Waals surface area contributed by atoms with E-state index in [4.69, 9.17) is 16.3 Å². The van der Waals surface area contributed by atoms with E-state index in [1.165, 1.54) is 43.3 Å². The fourth-order valence-electron chi connectivity index (χ4n) is 3.66. The average molecular weight is 493 g/mol. The first-order chi connectivity index (χ1) is 15.6. The first-order valence-electron chi connectivity index (χ1n) is 10.2. The normalized spacial score (nSPS) is 18.3. The van der Waals surface area contributed by atoms with E-state index in [1.54, 1.807) is 31.4 Å². The van der Waals surface area contributed by atoms with Gasteiger partial charge in [0.1, 0.15) is 5.76 Å². The van der Waals surface area contributed by atoms with Crippen molar-refractivity contribution in [2.75, 3.05) is 34.4 Å². The number of hydrogen-bond donors (Lipinski definition) is 1. The zero-order valence-electron chi connectivity index (χ0n) is 18.5. The maximum atomic E-state index is 13.0. The van der Waals surface area contributed by atoms with Gasteiger partial charge in [0, 0.05) is 44.9 Å². The summed E-state index contributed by atoms with van der Waals surface area (Å²) in [6, 6.07) is 11.4. The van der Waals surface area contributed by atoms with E-state index in [-0.39, 0.29) is 28.3 Å². The molecular formula is C23H25ClN2O6S. The summed E-state index contributed by atoms with van der Waals surface area (Å²) in [4.78, 5) is 27.2. The molecule has 3 rings (SSSR count). The molecule has 1 aliphatic rings. The molecule has 1 atom stereocenters. The molecule has 1 amide bonds. The molecule has 0 spiro atoms. The van der Waals surface area contributed by atoms with Gasteiger partial charge < -0.3 is 14.7 Å². The van der Waals surface area contributed by atoms with Gasteiger partial charge in [0.05, 0.1) is 16.5 Å². The van der Waals surface area contributed by atoms with Crippen LogP contribution in [0.2, 0.25) is 5.02 Å². The van der Waals surface area contributed by atoms with Crippen LogP contribution >= 0.6 is 11.6 Å². The van der Waals surface area contributed by atoms with Gasteiger partial charge in [0.25, 0.3) is 11.7 Å². The van der Waals surface area contributed by atoms with Crippen LogP contribution in [-0.4, -0.2) is 68.8 Å². The van der Waals surface area contributed by atoms with Gasteiger partial charge in [0.2, 0.25) is 10.0 Å². The van der Waals surface area contributed by atoms with Gasteiger partial charge in [-0.1, -0.05) is 23.7 Å². The van der Waals surface area contributed by atoms with E-state index in [9.17, 15) is 23.1 Å². The molecule has 2 aromatic rings. The molecular weight excluding hydrogens is 468 g/mol. The summed E-state index contributed by atoms with van der Waals surface area (Å²) in [6.45, 7) is 0.638. The Bertz CT molecular complexity index is 1190. The van der Waals surface area contributed by atoms with E-state index < -0.39 is 27.8 Å². The van der Waals surface area contributed by atoms with Crippen LogP contribution in [0.1, 0.15) is 23.6 Å². The minimum Gasteiger partial charge on any atom is -0.507 e. The molecule has 1 heterocycles. The second kappa shape index (κ2) is 10.0. The molecule has 176 valence electrons. The standard InChI is InChI=1S/C23H25ClN2O6S/c1-25(2)33(30,31)18-10-8-15(9-11-18)21(27)19-20(16-6-4-7-17(24)14-16)26(12-5-13-32-3)23(29)22(19)28/h4,6-11,14,20,27H,5,12-13H2,1-3H3. The zero-order chi connectivity index (χ0) is 24.3. The number of aliphatic hydroxyl groups excluding tert-OH is 1. The fourth-order valence-corrected chi connectivity index (χ4v) is 4.76. The highest BCUT2D eigenvalue weighted by molar-refractivity contribution is 7.89. The van der Waals surface area contributed by atoms with Gasteiger partial charge in [-0.05, 0) is 48.4 Å². The van der Waals surface area contributed by atoms with E-state index in [2.05, 4.69) is 0 Å². The van der Waals surface area contributed by atoms with E-state index >= 15 is 0 Å². The Morgan fingerprint density at radius 2 is 1.82 bits per heavy atom. The molecule has 0 bridgehead atoms. The molecule has 8 nitrogen and oxygen atoms in total. The second-order valence-corrected chi connectivity index (χ2v) is 10.3. The van der Waals surface area contributed by atoms with Crippen LogP contribution in [-0.2, 0) is 24.3 Å². The molecule has 0 aromatic heterocycles. The van der Waals surface area contributed by atoms with Crippen molar-refractivity contribution in [3.63, 3.8) is 0 Å². The minimum absolute atomic E-state index is 0.0375.